The third-order valence-electron chi connectivity index (χ3n) is 5.20. The van der Waals surface area contributed by atoms with Gasteiger partial charge in [0, 0.05) is 10.1 Å². The summed E-state index contributed by atoms with van der Waals surface area (Å²) in [6.45, 7) is 9.77. The number of carbonyl (C=O) groups excluding carboxylic acids is 4. The zero-order chi connectivity index (χ0) is 32.4. The van der Waals surface area contributed by atoms with Gasteiger partial charge >= 0.3 is 12.2 Å². The smallest absolute Gasteiger partial charge is 0.414 e. The second-order valence-corrected chi connectivity index (χ2v) is 14.4. The van der Waals surface area contributed by atoms with Crippen LogP contribution in [0.25, 0.3) is 0 Å². The van der Waals surface area contributed by atoms with Crippen LogP contribution in [0.15, 0.2) is 34.3 Å². The summed E-state index contributed by atoms with van der Waals surface area (Å²) in [6.07, 6.45) is -0.979. The van der Waals surface area contributed by atoms with Gasteiger partial charge in [-0.1, -0.05) is 0 Å². The molecular formula is C26H39IN6O9S. The van der Waals surface area contributed by atoms with Crippen LogP contribution in [-0.4, -0.2) is 86.8 Å². The predicted octanol–water partition coefficient (Wildman–Crippen LogP) is 2.01. The van der Waals surface area contributed by atoms with Crippen LogP contribution in [0.4, 0.5) is 9.59 Å². The van der Waals surface area contributed by atoms with Gasteiger partial charge in [-0.2, -0.15) is 4.72 Å². The highest BCUT2D eigenvalue weighted by atomic mass is 127. The van der Waals surface area contributed by atoms with Crippen LogP contribution in [0.1, 0.15) is 54.4 Å². The standard InChI is InChI=1S/C26H39IN6O9S/c1-25(2,3)41-23(36)29-22(30-24(37)42-26(4,5)6)31-40-15-13-28-20(34)16-33-14-7-8-19(21(33)35)32-43(38,39)18-11-9-17(27)10-12-18/h9-12,19,32H,7-8,13-16H2,1-6H3,(H,28,34)(H2,29,30,31,36,37)/t19-/m0/s1. The lowest BCUT2D eigenvalue weighted by atomic mass is 10.1. The molecule has 1 fully saturated rings. The fraction of sp³-hybridized carbons (Fsp3) is 0.577. The van der Waals surface area contributed by atoms with Crippen molar-refractivity contribution in [2.45, 2.75) is 76.5 Å². The Morgan fingerprint density at radius 3 is 2.09 bits per heavy atom. The number of hydrogen-bond acceptors (Lipinski definition) is 10. The Bertz CT molecular complexity index is 1260. The van der Waals surface area contributed by atoms with E-state index in [1.54, 1.807) is 53.7 Å². The van der Waals surface area contributed by atoms with Crippen molar-refractivity contribution in [1.29, 1.82) is 0 Å². The molecule has 43 heavy (non-hydrogen) atoms. The van der Waals surface area contributed by atoms with Crippen molar-refractivity contribution in [2.24, 2.45) is 5.16 Å². The van der Waals surface area contributed by atoms with Gasteiger partial charge in [0.05, 0.1) is 18.0 Å². The van der Waals surface area contributed by atoms with Crippen molar-refractivity contribution in [3.8, 4) is 0 Å². The SMILES string of the molecule is CC(C)(C)OC(=O)NC(=NOCCNC(=O)CN1CCC[C@H](NS(=O)(=O)c2ccc(I)cc2)C1=O)NC(=O)OC(C)(C)C. The van der Waals surface area contributed by atoms with E-state index in [4.69, 9.17) is 14.3 Å². The molecule has 4 amide bonds. The van der Waals surface area contributed by atoms with Gasteiger partial charge in [-0.05, 0) is 106 Å². The molecule has 4 N–H and O–H groups in total. The fourth-order valence-electron chi connectivity index (χ4n) is 3.53. The van der Waals surface area contributed by atoms with Crippen LogP contribution >= 0.6 is 22.6 Å². The summed E-state index contributed by atoms with van der Waals surface area (Å²) in [6, 6.07) is 5.23. The van der Waals surface area contributed by atoms with E-state index < -0.39 is 57.2 Å². The van der Waals surface area contributed by atoms with E-state index in [0.29, 0.717) is 19.4 Å². The van der Waals surface area contributed by atoms with Crippen molar-refractivity contribution in [2.75, 3.05) is 26.2 Å². The highest BCUT2D eigenvalue weighted by Gasteiger charge is 2.33. The number of nitrogens with one attached hydrogen (secondary N) is 4. The van der Waals surface area contributed by atoms with Crippen molar-refractivity contribution in [1.82, 2.24) is 25.6 Å². The Labute approximate surface area is 265 Å². The molecule has 1 aliphatic heterocycles. The molecule has 2 rings (SSSR count). The van der Waals surface area contributed by atoms with Gasteiger partial charge in [-0.15, -0.1) is 0 Å². The molecule has 0 saturated carbocycles. The normalized spacial score (nSPS) is 15.7. The van der Waals surface area contributed by atoms with Crippen molar-refractivity contribution < 1.29 is 41.9 Å². The van der Waals surface area contributed by atoms with Crippen LogP contribution < -0.4 is 20.7 Å². The molecule has 0 aliphatic carbocycles. The van der Waals surface area contributed by atoms with E-state index in [1.807, 2.05) is 0 Å². The van der Waals surface area contributed by atoms with E-state index in [9.17, 15) is 27.6 Å². The van der Waals surface area contributed by atoms with Gasteiger partial charge in [0.1, 0.15) is 23.9 Å². The number of hydrogen-bond donors (Lipinski definition) is 4. The highest BCUT2D eigenvalue weighted by molar-refractivity contribution is 14.1. The summed E-state index contributed by atoms with van der Waals surface area (Å²) >= 11 is 2.06. The Hall–Kier alpha value is -3.19. The zero-order valence-electron chi connectivity index (χ0n) is 25.0. The monoisotopic (exact) mass is 738 g/mol. The number of benzene rings is 1. The van der Waals surface area contributed by atoms with Crippen molar-refractivity contribution >= 4 is 62.6 Å². The quantitative estimate of drug-likeness (QED) is 0.0965. The average Bonchev–Trinajstić information content (AvgIpc) is 2.84. The first kappa shape index (κ1) is 36.0. The van der Waals surface area contributed by atoms with E-state index in [-0.39, 0.29) is 24.6 Å². The summed E-state index contributed by atoms with van der Waals surface area (Å²) in [5.74, 6) is -1.39. The molecule has 1 aromatic rings. The molecule has 0 aromatic heterocycles. The number of guanidine groups is 1. The third kappa shape index (κ3) is 13.8. The van der Waals surface area contributed by atoms with Crippen LogP contribution in [0.5, 0.6) is 0 Å². The minimum absolute atomic E-state index is 0.0284. The molecule has 0 spiro atoms. The molecule has 240 valence electrons. The van der Waals surface area contributed by atoms with Gasteiger partial charge in [0.25, 0.3) is 5.96 Å². The van der Waals surface area contributed by atoms with Gasteiger partial charge in [0.2, 0.25) is 21.8 Å². The van der Waals surface area contributed by atoms with Crippen LogP contribution in [0, 0.1) is 3.57 Å². The largest absolute Gasteiger partial charge is 0.444 e. The number of halogens is 1. The topological polar surface area (TPSA) is 194 Å². The van der Waals surface area contributed by atoms with Gasteiger partial charge in [-0.25, -0.2) is 18.0 Å². The first-order valence-electron chi connectivity index (χ1n) is 13.4. The summed E-state index contributed by atoms with van der Waals surface area (Å²) in [5, 5.41) is 10.8. The van der Waals surface area contributed by atoms with Crippen LogP contribution in [0.2, 0.25) is 0 Å². The Kier molecular flexibility index (Phi) is 13.0. The minimum Gasteiger partial charge on any atom is -0.444 e. The maximum atomic E-state index is 12.9. The lowest BCUT2D eigenvalue weighted by Crippen LogP contribution is -2.54. The molecule has 1 atom stereocenters. The van der Waals surface area contributed by atoms with Crippen LogP contribution in [-0.2, 0) is 33.9 Å². The van der Waals surface area contributed by atoms with Crippen molar-refractivity contribution in [3.63, 3.8) is 0 Å². The summed E-state index contributed by atoms with van der Waals surface area (Å²) in [4.78, 5) is 56.1. The second kappa shape index (κ2) is 15.5. The number of nitrogens with zero attached hydrogens (tertiary/aromatic N) is 2. The molecule has 1 saturated heterocycles. The number of likely N-dealkylation sites (tertiary alicyclic amines) is 1. The number of carbonyl (C=O) groups is 4. The van der Waals surface area contributed by atoms with E-state index in [0.717, 1.165) is 3.57 Å². The molecular weight excluding hydrogens is 699 g/mol. The summed E-state index contributed by atoms with van der Waals surface area (Å²) < 4.78 is 39.1. The molecule has 15 nitrogen and oxygen atoms in total. The molecule has 1 aliphatic rings. The zero-order valence-corrected chi connectivity index (χ0v) is 28.0. The number of piperidine rings is 1. The first-order chi connectivity index (χ1) is 19.8. The Morgan fingerprint density at radius 1 is 1.00 bits per heavy atom. The van der Waals surface area contributed by atoms with Gasteiger partial charge in [-0.3, -0.25) is 20.2 Å². The number of oxime groups is 1. The maximum absolute atomic E-state index is 12.9. The number of rotatable bonds is 9. The number of ether oxygens (including phenoxy) is 2. The molecule has 0 bridgehead atoms. The fourth-order valence-corrected chi connectivity index (χ4v) is 5.11. The lowest BCUT2D eigenvalue weighted by molar-refractivity contribution is -0.139. The minimum atomic E-state index is -3.92. The number of sulfonamides is 1. The first-order valence-corrected chi connectivity index (χ1v) is 15.9. The van der Waals surface area contributed by atoms with Gasteiger partial charge < -0.3 is 24.5 Å². The molecule has 1 aromatic carbocycles. The Balaban J connectivity index is 1.88. The van der Waals surface area contributed by atoms with E-state index in [1.165, 1.54) is 17.0 Å². The molecule has 0 radical (unpaired) electrons. The highest BCUT2D eigenvalue weighted by Crippen LogP contribution is 2.17. The molecule has 0 unspecified atom stereocenters. The molecule has 17 heteroatoms. The predicted molar refractivity (Wildman–Crippen MR) is 164 cm³/mol. The van der Waals surface area contributed by atoms with Crippen molar-refractivity contribution in [3.05, 3.63) is 27.8 Å². The van der Waals surface area contributed by atoms with E-state index >= 15 is 0 Å². The van der Waals surface area contributed by atoms with Crippen LogP contribution in [0.3, 0.4) is 0 Å². The Morgan fingerprint density at radius 2 is 1.56 bits per heavy atom. The third-order valence-corrected chi connectivity index (χ3v) is 7.40. The van der Waals surface area contributed by atoms with Gasteiger partial charge in [0.15, 0.2) is 0 Å². The number of alkyl carbamates (subject to hydrolysis) is 2. The molecule has 1 heterocycles. The lowest BCUT2D eigenvalue weighted by Gasteiger charge is -2.32. The second-order valence-electron chi connectivity index (χ2n) is 11.4. The average molecular weight is 739 g/mol. The summed E-state index contributed by atoms with van der Waals surface area (Å²) in [7, 11) is -3.92. The van der Waals surface area contributed by atoms with E-state index in [2.05, 4.69) is 48.4 Å². The maximum Gasteiger partial charge on any atom is 0.414 e. The summed E-state index contributed by atoms with van der Waals surface area (Å²) in [5.41, 5.74) is -1.62. The number of amides is 4.